The second-order valence-electron chi connectivity index (χ2n) is 3.17. The van der Waals surface area contributed by atoms with Gasteiger partial charge in [0.1, 0.15) is 6.02 Å². The van der Waals surface area contributed by atoms with Crippen LogP contribution in [0.4, 0.5) is 0 Å². The third-order valence-electron chi connectivity index (χ3n) is 1.92. The summed E-state index contributed by atoms with van der Waals surface area (Å²) in [7, 11) is 0. The Kier molecular flexibility index (Phi) is 3.94. The molecule has 4 heteroatoms. The topological polar surface area (TPSA) is 55.4 Å². The fraction of sp³-hybridized carbons (Fsp3) is 0.333. The SMILES string of the molecule is [2H][C@@](C)(NC(=O)c1ccccc1)C(=O)OCC. The van der Waals surface area contributed by atoms with Crippen molar-refractivity contribution in [3.8, 4) is 0 Å². The predicted molar refractivity (Wildman–Crippen MR) is 60.0 cm³/mol. The Morgan fingerprint density at radius 1 is 1.44 bits per heavy atom. The number of benzene rings is 1. The highest BCUT2D eigenvalue weighted by atomic mass is 16.5. The minimum Gasteiger partial charge on any atom is -0.464 e. The molecular weight excluding hydrogens is 206 g/mol. The quantitative estimate of drug-likeness (QED) is 0.783. The zero-order chi connectivity index (χ0) is 12.9. The van der Waals surface area contributed by atoms with Gasteiger partial charge in [-0.15, -0.1) is 0 Å². The molecule has 0 aromatic heterocycles. The first kappa shape index (κ1) is 10.7. The highest BCUT2D eigenvalue weighted by Crippen LogP contribution is 1.99. The van der Waals surface area contributed by atoms with E-state index in [1.807, 2.05) is 0 Å². The summed E-state index contributed by atoms with van der Waals surface area (Å²) in [4.78, 5) is 23.1. The monoisotopic (exact) mass is 222 g/mol. The van der Waals surface area contributed by atoms with E-state index in [1.165, 1.54) is 6.92 Å². The van der Waals surface area contributed by atoms with Gasteiger partial charge in [-0.1, -0.05) is 18.2 Å². The van der Waals surface area contributed by atoms with Crippen molar-refractivity contribution in [2.75, 3.05) is 6.61 Å². The third kappa shape index (κ3) is 3.38. The van der Waals surface area contributed by atoms with E-state index in [-0.39, 0.29) is 6.61 Å². The summed E-state index contributed by atoms with van der Waals surface area (Å²) in [6, 6.07) is 6.64. The van der Waals surface area contributed by atoms with Crippen molar-refractivity contribution in [3.63, 3.8) is 0 Å². The maximum Gasteiger partial charge on any atom is 0.328 e. The van der Waals surface area contributed by atoms with Crippen LogP contribution in [-0.4, -0.2) is 24.5 Å². The predicted octanol–water partition coefficient (Wildman–Crippen LogP) is 1.37. The van der Waals surface area contributed by atoms with Gasteiger partial charge in [0, 0.05) is 5.56 Å². The van der Waals surface area contributed by atoms with Gasteiger partial charge < -0.3 is 10.1 Å². The molecule has 0 aliphatic heterocycles. The zero-order valence-electron chi connectivity index (χ0n) is 10.3. The molecule has 0 bridgehead atoms. The van der Waals surface area contributed by atoms with Gasteiger partial charge in [0.05, 0.1) is 7.98 Å². The smallest absolute Gasteiger partial charge is 0.328 e. The maximum atomic E-state index is 11.7. The Morgan fingerprint density at radius 2 is 2.06 bits per heavy atom. The summed E-state index contributed by atoms with van der Waals surface area (Å²) in [5.41, 5.74) is 0.398. The van der Waals surface area contributed by atoms with Crippen molar-refractivity contribution in [2.24, 2.45) is 0 Å². The zero-order valence-corrected chi connectivity index (χ0v) is 9.32. The fourth-order valence-electron chi connectivity index (χ4n) is 1.12. The third-order valence-corrected chi connectivity index (χ3v) is 1.92. The highest BCUT2D eigenvalue weighted by Gasteiger charge is 2.16. The molecule has 0 fully saturated rings. The van der Waals surface area contributed by atoms with Gasteiger partial charge in [0.15, 0.2) is 0 Å². The van der Waals surface area contributed by atoms with E-state index >= 15 is 0 Å². The van der Waals surface area contributed by atoms with Crippen LogP contribution in [0.25, 0.3) is 0 Å². The van der Waals surface area contributed by atoms with E-state index in [0.29, 0.717) is 5.56 Å². The number of nitrogens with one attached hydrogen (secondary N) is 1. The van der Waals surface area contributed by atoms with Crippen LogP contribution in [0.5, 0.6) is 0 Å². The molecule has 1 N–H and O–H groups in total. The number of carbonyl (C=O) groups is 2. The maximum absolute atomic E-state index is 11.7. The standard InChI is InChI=1S/C12H15NO3/c1-3-16-12(15)9(2)13-11(14)10-7-5-4-6-8-10/h4-9H,3H2,1-2H3,(H,13,14)/t9-/m0/s1/i9D. The summed E-state index contributed by atoms with van der Waals surface area (Å²) in [5.74, 6) is -1.25. The molecule has 1 atom stereocenters. The molecule has 0 radical (unpaired) electrons. The fourth-order valence-corrected chi connectivity index (χ4v) is 1.12. The number of esters is 1. The van der Waals surface area contributed by atoms with E-state index < -0.39 is 17.9 Å². The van der Waals surface area contributed by atoms with Crippen LogP contribution in [0, 0.1) is 0 Å². The number of hydrogen-bond donors (Lipinski definition) is 1. The van der Waals surface area contributed by atoms with Crippen LogP contribution in [0.15, 0.2) is 30.3 Å². The first-order valence-electron chi connectivity index (χ1n) is 5.52. The van der Waals surface area contributed by atoms with Crippen LogP contribution in [0.3, 0.4) is 0 Å². The van der Waals surface area contributed by atoms with Crippen molar-refractivity contribution in [3.05, 3.63) is 35.9 Å². The first-order chi connectivity index (χ1) is 7.97. The Balaban J connectivity index is 2.71. The van der Waals surface area contributed by atoms with Gasteiger partial charge in [-0.05, 0) is 26.0 Å². The summed E-state index contributed by atoms with van der Waals surface area (Å²) < 4.78 is 12.4. The number of hydrogen-bond acceptors (Lipinski definition) is 3. The molecule has 0 heterocycles. The normalized spacial score (nSPS) is 14.5. The number of ether oxygens (including phenoxy) is 1. The average Bonchev–Trinajstić information content (AvgIpc) is 2.30. The Bertz CT molecular complexity index is 403. The second-order valence-corrected chi connectivity index (χ2v) is 3.17. The van der Waals surface area contributed by atoms with Gasteiger partial charge in [0.25, 0.3) is 5.91 Å². The highest BCUT2D eigenvalue weighted by molar-refractivity contribution is 5.96. The number of amides is 1. The molecule has 1 aromatic rings. The summed E-state index contributed by atoms with van der Waals surface area (Å²) >= 11 is 0. The molecule has 1 amide bonds. The van der Waals surface area contributed by atoms with Crippen molar-refractivity contribution in [1.82, 2.24) is 5.32 Å². The van der Waals surface area contributed by atoms with E-state index in [0.717, 1.165) is 0 Å². The van der Waals surface area contributed by atoms with Crippen molar-refractivity contribution in [2.45, 2.75) is 19.9 Å². The molecular formula is C12H15NO3. The Labute approximate surface area is 96.0 Å². The van der Waals surface area contributed by atoms with Gasteiger partial charge in [0.2, 0.25) is 0 Å². The largest absolute Gasteiger partial charge is 0.464 e. The molecule has 0 saturated carbocycles. The molecule has 0 spiro atoms. The van der Waals surface area contributed by atoms with Crippen LogP contribution < -0.4 is 5.32 Å². The van der Waals surface area contributed by atoms with Crippen LogP contribution >= 0.6 is 0 Å². The van der Waals surface area contributed by atoms with Crippen molar-refractivity contribution < 1.29 is 15.7 Å². The van der Waals surface area contributed by atoms with Crippen molar-refractivity contribution >= 4 is 11.9 Å². The molecule has 0 aliphatic rings. The molecule has 1 aromatic carbocycles. The van der Waals surface area contributed by atoms with Crippen molar-refractivity contribution in [1.29, 1.82) is 0 Å². The molecule has 4 nitrogen and oxygen atoms in total. The van der Waals surface area contributed by atoms with Gasteiger partial charge >= 0.3 is 5.97 Å². The van der Waals surface area contributed by atoms with E-state index in [1.54, 1.807) is 37.3 Å². The molecule has 86 valence electrons. The second kappa shape index (κ2) is 5.90. The lowest BCUT2D eigenvalue weighted by Crippen LogP contribution is -2.39. The van der Waals surface area contributed by atoms with Gasteiger partial charge in [-0.3, -0.25) is 4.79 Å². The van der Waals surface area contributed by atoms with E-state index in [4.69, 9.17) is 6.11 Å². The molecule has 1 rings (SSSR count). The van der Waals surface area contributed by atoms with E-state index in [2.05, 4.69) is 5.32 Å². The number of rotatable bonds is 4. The Morgan fingerprint density at radius 3 is 2.62 bits per heavy atom. The average molecular weight is 222 g/mol. The van der Waals surface area contributed by atoms with E-state index in [9.17, 15) is 9.59 Å². The molecule has 0 aliphatic carbocycles. The lowest BCUT2D eigenvalue weighted by molar-refractivity contribution is -0.144. The lowest BCUT2D eigenvalue weighted by atomic mass is 10.2. The summed E-state index contributed by atoms with van der Waals surface area (Å²) in [6.45, 7) is 3.10. The molecule has 16 heavy (non-hydrogen) atoms. The summed E-state index contributed by atoms with van der Waals surface area (Å²) in [5, 5.41) is 2.31. The van der Waals surface area contributed by atoms with Gasteiger partial charge in [-0.25, -0.2) is 4.79 Å². The first-order valence-corrected chi connectivity index (χ1v) is 5.02. The molecule has 0 unspecified atom stereocenters. The molecule has 0 saturated heterocycles. The lowest BCUT2D eigenvalue weighted by Gasteiger charge is -2.12. The van der Waals surface area contributed by atoms with Gasteiger partial charge in [-0.2, -0.15) is 0 Å². The Hall–Kier alpha value is -1.84. The van der Waals surface area contributed by atoms with Crippen LogP contribution in [-0.2, 0) is 9.53 Å². The van der Waals surface area contributed by atoms with Crippen LogP contribution in [0.1, 0.15) is 25.6 Å². The number of carbonyl (C=O) groups excluding carboxylic acids is 2. The minimum absolute atomic E-state index is 0.175. The minimum atomic E-state index is -1.77. The van der Waals surface area contributed by atoms with Crippen LogP contribution in [0.2, 0.25) is 0 Å². The summed E-state index contributed by atoms with van der Waals surface area (Å²) in [6.07, 6.45) is 0.